The quantitative estimate of drug-likeness (QED) is 0.272. The van der Waals surface area contributed by atoms with E-state index in [1.807, 2.05) is 18.2 Å². The van der Waals surface area contributed by atoms with Crippen molar-refractivity contribution in [1.82, 2.24) is 19.4 Å². The molecule has 0 aliphatic carbocycles. The van der Waals surface area contributed by atoms with Crippen LogP contribution in [0.25, 0.3) is 22.4 Å². The molecule has 1 unspecified atom stereocenters. The van der Waals surface area contributed by atoms with Gasteiger partial charge in [0.05, 0.1) is 26.0 Å². The van der Waals surface area contributed by atoms with Gasteiger partial charge < -0.3 is 14.4 Å². The van der Waals surface area contributed by atoms with E-state index < -0.39 is 0 Å². The largest absolute Gasteiger partial charge is 0.496 e. The molecule has 42 heavy (non-hydrogen) atoms. The molecular formula is C32H37Cl2N5O3. The maximum Gasteiger partial charge on any atom is 0.255 e. The van der Waals surface area contributed by atoms with E-state index in [-0.39, 0.29) is 36.5 Å². The molecule has 2 aromatic heterocycles. The molecule has 0 amide bonds. The predicted molar refractivity (Wildman–Crippen MR) is 171 cm³/mol. The van der Waals surface area contributed by atoms with Crippen LogP contribution >= 0.6 is 24.8 Å². The maximum atomic E-state index is 12.9. The van der Waals surface area contributed by atoms with Gasteiger partial charge in [0.1, 0.15) is 11.9 Å². The Kier molecular flexibility index (Phi) is 10.6. The lowest BCUT2D eigenvalue weighted by Gasteiger charge is -2.35. The van der Waals surface area contributed by atoms with Crippen LogP contribution in [0, 0.1) is 0 Å². The molecule has 6 rings (SSSR count). The van der Waals surface area contributed by atoms with Gasteiger partial charge in [0.25, 0.3) is 5.56 Å². The average molecular weight is 611 g/mol. The molecule has 2 aromatic carbocycles. The first-order valence-electron chi connectivity index (χ1n) is 13.9. The lowest BCUT2D eigenvalue weighted by molar-refractivity contribution is 0.0375. The molecule has 2 fully saturated rings. The molecule has 8 nitrogen and oxygen atoms in total. The monoisotopic (exact) mass is 609 g/mol. The first kappa shape index (κ1) is 31.5. The molecule has 2 saturated heterocycles. The fourth-order valence-corrected chi connectivity index (χ4v) is 5.71. The van der Waals surface area contributed by atoms with E-state index in [0.29, 0.717) is 31.3 Å². The summed E-state index contributed by atoms with van der Waals surface area (Å²) in [5.74, 6) is 1.41. The van der Waals surface area contributed by atoms with Crippen LogP contribution in [0.4, 0.5) is 5.95 Å². The van der Waals surface area contributed by atoms with Gasteiger partial charge in [-0.25, -0.2) is 4.98 Å². The highest BCUT2D eigenvalue weighted by atomic mass is 35.5. The van der Waals surface area contributed by atoms with Crippen molar-refractivity contribution in [1.29, 1.82) is 0 Å². The van der Waals surface area contributed by atoms with Gasteiger partial charge >= 0.3 is 0 Å². The fourth-order valence-electron chi connectivity index (χ4n) is 5.71. The molecule has 2 aliphatic rings. The fraction of sp³-hybridized carbons (Fsp3) is 0.344. The number of ether oxygens (including phenoxy) is 2. The van der Waals surface area contributed by atoms with Crippen LogP contribution in [0.5, 0.6) is 5.75 Å². The molecule has 0 saturated carbocycles. The van der Waals surface area contributed by atoms with Crippen LogP contribution in [0.15, 0.2) is 77.9 Å². The van der Waals surface area contributed by atoms with E-state index in [1.54, 1.807) is 37.2 Å². The van der Waals surface area contributed by atoms with Gasteiger partial charge in [-0.05, 0) is 73.0 Å². The Morgan fingerprint density at radius 2 is 1.69 bits per heavy atom. The summed E-state index contributed by atoms with van der Waals surface area (Å²) in [4.78, 5) is 26.5. The zero-order chi connectivity index (χ0) is 27.5. The first-order chi connectivity index (χ1) is 19.6. The van der Waals surface area contributed by atoms with Crippen LogP contribution in [-0.4, -0.2) is 59.3 Å². The summed E-state index contributed by atoms with van der Waals surface area (Å²) in [6.45, 7) is 5.04. The minimum absolute atomic E-state index is 0. The molecule has 4 heterocycles. The van der Waals surface area contributed by atoms with Gasteiger partial charge in [-0.2, -0.15) is 0 Å². The zero-order valence-corrected chi connectivity index (χ0v) is 25.6. The van der Waals surface area contributed by atoms with E-state index in [2.05, 4.69) is 51.2 Å². The summed E-state index contributed by atoms with van der Waals surface area (Å²) in [7, 11) is 3.46. The molecule has 0 N–H and O–H groups in total. The van der Waals surface area contributed by atoms with Crippen molar-refractivity contribution >= 4 is 30.8 Å². The van der Waals surface area contributed by atoms with Gasteiger partial charge in [-0.3, -0.25) is 19.2 Å². The molecule has 0 radical (unpaired) electrons. The van der Waals surface area contributed by atoms with Gasteiger partial charge in [0.2, 0.25) is 5.95 Å². The summed E-state index contributed by atoms with van der Waals surface area (Å²) < 4.78 is 13.7. The summed E-state index contributed by atoms with van der Waals surface area (Å²) in [5, 5.41) is 0. The van der Waals surface area contributed by atoms with Crippen molar-refractivity contribution in [3.8, 4) is 28.1 Å². The number of pyridine rings is 1. The second kappa shape index (κ2) is 14.2. The van der Waals surface area contributed by atoms with Crippen molar-refractivity contribution in [3.05, 3.63) is 94.5 Å². The topological polar surface area (TPSA) is 72.7 Å². The molecule has 2 aliphatic heterocycles. The highest BCUT2D eigenvalue weighted by Crippen LogP contribution is 2.35. The normalized spacial score (nSPS) is 16.9. The molecule has 4 aromatic rings. The second-order valence-electron chi connectivity index (χ2n) is 10.5. The van der Waals surface area contributed by atoms with Gasteiger partial charge in [-0.1, -0.05) is 24.3 Å². The Labute approximate surface area is 259 Å². The maximum absolute atomic E-state index is 12.9. The number of rotatable bonds is 7. The highest BCUT2D eigenvalue weighted by Gasteiger charge is 2.28. The van der Waals surface area contributed by atoms with Crippen molar-refractivity contribution in [2.75, 3.05) is 44.8 Å². The number of hydrogen-bond donors (Lipinski definition) is 0. The van der Waals surface area contributed by atoms with Crippen LogP contribution in [-0.2, 0) is 18.3 Å². The van der Waals surface area contributed by atoms with Crippen LogP contribution in [0.3, 0.4) is 0 Å². The van der Waals surface area contributed by atoms with Gasteiger partial charge in [-0.15, -0.1) is 24.8 Å². The van der Waals surface area contributed by atoms with Crippen LogP contribution < -0.4 is 15.2 Å². The highest BCUT2D eigenvalue weighted by molar-refractivity contribution is 5.85. The molecule has 0 bridgehead atoms. The lowest BCUT2D eigenvalue weighted by atomic mass is 9.97. The molecule has 0 spiro atoms. The van der Waals surface area contributed by atoms with Crippen molar-refractivity contribution in [2.24, 2.45) is 7.05 Å². The minimum atomic E-state index is -0.238. The summed E-state index contributed by atoms with van der Waals surface area (Å²) in [6.07, 6.45) is 5.76. The predicted octanol–water partition coefficient (Wildman–Crippen LogP) is 5.54. The van der Waals surface area contributed by atoms with E-state index in [4.69, 9.17) is 14.5 Å². The van der Waals surface area contributed by atoms with Gasteiger partial charge in [0, 0.05) is 49.7 Å². The Balaban J connectivity index is 0.00000202. The molecule has 1 atom stereocenters. The number of anilines is 1. The molecular weight excluding hydrogens is 573 g/mol. The minimum Gasteiger partial charge on any atom is -0.496 e. The van der Waals surface area contributed by atoms with E-state index in [9.17, 15) is 4.79 Å². The third-order valence-corrected chi connectivity index (χ3v) is 7.88. The third kappa shape index (κ3) is 6.79. The number of nitrogens with zero attached hydrogens (tertiary/aromatic N) is 5. The number of methoxy groups -OCH3 is 1. The second-order valence-corrected chi connectivity index (χ2v) is 10.5. The number of benzene rings is 2. The van der Waals surface area contributed by atoms with Gasteiger partial charge in [0.15, 0.2) is 0 Å². The summed E-state index contributed by atoms with van der Waals surface area (Å²) in [5.41, 5.74) is 6.03. The zero-order valence-electron chi connectivity index (χ0n) is 23.9. The van der Waals surface area contributed by atoms with E-state index >= 15 is 0 Å². The number of aromatic nitrogens is 3. The number of halogens is 2. The SMILES string of the molecule is COc1ccc(-c2cccc(CN3CCCC3)c2)cc1C1CN(c2nc(-c3ccncc3)cc(=O)n2C)CCO1.Cl.Cl. The smallest absolute Gasteiger partial charge is 0.255 e. The molecule has 222 valence electrons. The Morgan fingerprint density at radius 1 is 0.929 bits per heavy atom. The van der Waals surface area contributed by atoms with E-state index in [1.165, 1.54) is 37.1 Å². The Bertz CT molecular complexity index is 1540. The Morgan fingerprint density at radius 3 is 2.45 bits per heavy atom. The lowest BCUT2D eigenvalue weighted by Crippen LogP contribution is -2.41. The number of likely N-dealkylation sites (tertiary alicyclic amines) is 1. The van der Waals surface area contributed by atoms with Crippen molar-refractivity contribution in [3.63, 3.8) is 0 Å². The third-order valence-electron chi connectivity index (χ3n) is 7.88. The first-order valence-corrected chi connectivity index (χ1v) is 13.9. The van der Waals surface area contributed by atoms with Crippen LogP contribution in [0.2, 0.25) is 0 Å². The number of hydrogen-bond acceptors (Lipinski definition) is 7. The average Bonchev–Trinajstić information content (AvgIpc) is 3.52. The Hall–Kier alpha value is -3.43. The molecule has 10 heteroatoms. The summed E-state index contributed by atoms with van der Waals surface area (Å²) >= 11 is 0. The van der Waals surface area contributed by atoms with Crippen LogP contribution in [0.1, 0.15) is 30.1 Å². The standard InChI is InChI=1S/C32H35N5O3.2ClH/c1-35-31(38)20-28(24-10-12-33-13-11-24)34-32(35)37-16-17-40-30(22-37)27-19-26(8-9-29(27)39-2)25-7-5-6-23(18-25)21-36-14-3-4-15-36;;/h5-13,18-20,30H,3-4,14-17,21-22H2,1-2H3;2*1H. The van der Waals surface area contributed by atoms with E-state index in [0.717, 1.165) is 29.0 Å². The van der Waals surface area contributed by atoms with Crippen molar-refractivity contribution in [2.45, 2.75) is 25.5 Å². The summed E-state index contributed by atoms with van der Waals surface area (Å²) in [6, 6.07) is 20.4. The number of morpholine rings is 1. The van der Waals surface area contributed by atoms with Crippen molar-refractivity contribution < 1.29 is 9.47 Å².